The summed E-state index contributed by atoms with van der Waals surface area (Å²) in [5.74, 6) is -4.63. The van der Waals surface area contributed by atoms with Crippen LogP contribution in [0.5, 0.6) is 0 Å². The van der Waals surface area contributed by atoms with Crippen molar-refractivity contribution < 1.29 is 19.8 Å². The Morgan fingerprint density at radius 3 is 1.86 bits per heavy atom. The molecular formula is C10H16O4-2. The lowest BCUT2D eigenvalue weighted by Crippen LogP contribution is -2.51. The lowest BCUT2D eigenvalue weighted by Gasteiger charge is -2.38. The van der Waals surface area contributed by atoms with Crippen LogP contribution < -0.4 is 10.2 Å². The minimum atomic E-state index is -1.55. The van der Waals surface area contributed by atoms with Gasteiger partial charge in [-0.2, -0.15) is 0 Å². The van der Waals surface area contributed by atoms with Gasteiger partial charge < -0.3 is 19.8 Å². The monoisotopic (exact) mass is 200 g/mol. The number of carbonyl (C=O) groups is 2. The van der Waals surface area contributed by atoms with Crippen molar-refractivity contribution in [2.45, 2.75) is 40.0 Å². The summed E-state index contributed by atoms with van der Waals surface area (Å²) in [4.78, 5) is 21.4. The zero-order valence-electron chi connectivity index (χ0n) is 8.83. The Morgan fingerprint density at radius 2 is 1.64 bits per heavy atom. The normalized spacial score (nSPS) is 15.1. The molecule has 0 aromatic rings. The van der Waals surface area contributed by atoms with Crippen LogP contribution in [0, 0.1) is 11.3 Å². The third kappa shape index (κ3) is 2.72. The molecule has 0 N–H and O–H groups in total. The van der Waals surface area contributed by atoms with Crippen LogP contribution in [0.3, 0.4) is 0 Å². The van der Waals surface area contributed by atoms with Crippen LogP contribution in [0.25, 0.3) is 0 Å². The van der Waals surface area contributed by atoms with Crippen LogP contribution in [0.4, 0.5) is 0 Å². The molecule has 0 aromatic heterocycles. The number of carbonyl (C=O) groups excluding carboxylic acids is 2. The molecule has 4 heteroatoms. The molecule has 82 valence electrons. The van der Waals surface area contributed by atoms with Crippen LogP contribution in [0.15, 0.2) is 0 Å². The Labute approximate surface area is 83.9 Å². The second-order valence-electron chi connectivity index (χ2n) is 3.83. The summed E-state index contributed by atoms with van der Waals surface area (Å²) in [7, 11) is 0. The molecule has 14 heavy (non-hydrogen) atoms. The average Bonchev–Trinajstić information content (AvgIpc) is 2.03. The number of hydrogen-bond donors (Lipinski definition) is 0. The van der Waals surface area contributed by atoms with Gasteiger partial charge in [-0.1, -0.05) is 27.2 Å². The highest BCUT2D eigenvalue weighted by Gasteiger charge is 2.33. The highest BCUT2D eigenvalue weighted by molar-refractivity contribution is 5.91. The number of carboxylic acids is 2. The molecular weight excluding hydrogens is 184 g/mol. The Balaban J connectivity index is 4.92. The van der Waals surface area contributed by atoms with Crippen molar-refractivity contribution in [2.24, 2.45) is 11.3 Å². The summed E-state index contributed by atoms with van der Waals surface area (Å²) in [6.45, 7) is 5.30. The Morgan fingerprint density at radius 1 is 1.21 bits per heavy atom. The van der Waals surface area contributed by atoms with Gasteiger partial charge in [0, 0.05) is 5.92 Å². The van der Waals surface area contributed by atoms with Gasteiger partial charge in [0.25, 0.3) is 0 Å². The fourth-order valence-electron chi connectivity index (χ4n) is 1.76. The second kappa shape index (κ2) is 4.98. The molecule has 0 aromatic carbocycles. The quantitative estimate of drug-likeness (QED) is 0.532. The molecule has 0 saturated heterocycles. The highest BCUT2D eigenvalue weighted by atomic mass is 16.4. The molecule has 0 rings (SSSR count). The van der Waals surface area contributed by atoms with Gasteiger partial charge in [-0.15, -0.1) is 0 Å². The predicted molar refractivity (Wildman–Crippen MR) is 46.8 cm³/mol. The van der Waals surface area contributed by atoms with Gasteiger partial charge in [0.05, 0.1) is 11.9 Å². The van der Waals surface area contributed by atoms with E-state index in [0.717, 1.165) is 6.42 Å². The highest BCUT2D eigenvalue weighted by Crippen LogP contribution is 2.35. The van der Waals surface area contributed by atoms with Gasteiger partial charge in [0.1, 0.15) is 0 Å². The van der Waals surface area contributed by atoms with E-state index in [-0.39, 0.29) is 0 Å². The van der Waals surface area contributed by atoms with Gasteiger partial charge >= 0.3 is 0 Å². The number of hydrogen-bond acceptors (Lipinski definition) is 4. The van der Waals surface area contributed by atoms with Gasteiger partial charge in [0.2, 0.25) is 0 Å². The maximum absolute atomic E-state index is 10.7. The first-order chi connectivity index (χ1) is 6.39. The molecule has 0 bridgehead atoms. The maximum atomic E-state index is 10.7. The first kappa shape index (κ1) is 12.9. The van der Waals surface area contributed by atoms with Crippen molar-refractivity contribution in [2.75, 3.05) is 0 Å². The topological polar surface area (TPSA) is 80.3 Å². The molecule has 0 aliphatic carbocycles. The van der Waals surface area contributed by atoms with Crippen molar-refractivity contribution in [3.8, 4) is 0 Å². The SMILES string of the molecule is CCCC(C)(CC)C(C(=O)[O-])C(=O)[O-]. The first-order valence-corrected chi connectivity index (χ1v) is 4.80. The molecule has 0 heterocycles. The van der Waals surface area contributed by atoms with Crippen LogP contribution in [-0.4, -0.2) is 11.9 Å². The van der Waals surface area contributed by atoms with E-state index in [9.17, 15) is 19.8 Å². The summed E-state index contributed by atoms with van der Waals surface area (Å²) in [5, 5.41) is 21.4. The zero-order chi connectivity index (χ0) is 11.4. The van der Waals surface area contributed by atoms with E-state index in [4.69, 9.17) is 0 Å². The van der Waals surface area contributed by atoms with E-state index in [1.165, 1.54) is 0 Å². The number of carboxylic acid groups (broad SMARTS) is 2. The standard InChI is InChI=1S/C10H18O4/c1-4-6-10(3,5-2)7(8(11)12)9(13)14/h7H,4-6H2,1-3H3,(H,11,12)(H,13,14)/p-2. The van der Waals surface area contributed by atoms with Crippen molar-refractivity contribution in [1.82, 2.24) is 0 Å². The van der Waals surface area contributed by atoms with Crippen LogP contribution in [0.1, 0.15) is 40.0 Å². The van der Waals surface area contributed by atoms with E-state index >= 15 is 0 Å². The maximum Gasteiger partial charge on any atom is 0.0507 e. The van der Waals surface area contributed by atoms with E-state index in [1.807, 2.05) is 6.92 Å². The molecule has 0 aliphatic heterocycles. The fourth-order valence-corrected chi connectivity index (χ4v) is 1.76. The third-order valence-electron chi connectivity index (χ3n) is 2.80. The van der Waals surface area contributed by atoms with E-state index < -0.39 is 23.3 Å². The summed E-state index contributed by atoms with van der Waals surface area (Å²) in [6, 6.07) is 0. The van der Waals surface area contributed by atoms with Crippen molar-refractivity contribution in [3.05, 3.63) is 0 Å². The lowest BCUT2D eigenvalue weighted by atomic mass is 9.72. The minimum Gasteiger partial charge on any atom is -0.549 e. The average molecular weight is 200 g/mol. The van der Waals surface area contributed by atoms with Gasteiger partial charge in [0.15, 0.2) is 0 Å². The molecule has 0 radical (unpaired) electrons. The largest absolute Gasteiger partial charge is 0.549 e. The van der Waals surface area contributed by atoms with E-state index in [0.29, 0.717) is 12.8 Å². The van der Waals surface area contributed by atoms with Gasteiger partial charge in [-0.25, -0.2) is 0 Å². The number of rotatable bonds is 6. The van der Waals surface area contributed by atoms with Crippen LogP contribution in [-0.2, 0) is 9.59 Å². The molecule has 4 nitrogen and oxygen atoms in total. The van der Waals surface area contributed by atoms with Crippen LogP contribution >= 0.6 is 0 Å². The second-order valence-corrected chi connectivity index (χ2v) is 3.83. The summed E-state index contributed by atoms with van der Waals surface area (Å²) in [6.07, 6.45) is 1.75. The molecule has 0 fully saturated rings. The predicted octanol–water partition coefficient (Wildman–Crippen LogP) is -0.681. The van der Waals surface area contributed by atoms with E-state index in [2.05, 4.69) is 0 Å². The molecule has 0 amide bonds. The smallest absolute Gasteiger partial charge is 0.0507 e. The van der Waals surface area contributed by atoms with Crippen molar-refractivity contribution >= 4 is 11.9 Å². The van der Waals surface area contributed by atoms with E-state index in [1.54, 1.807) is 13.8 Å². The summed E-state index contributed by atoms with van der Waals surface area (Å²) >= 11 is 0. The first-order valence-electron chi connectivity index (χ1n) is 4.80. The molecule has 0 spiro atoms. The Bertz CT molecular complexity index is 210. The molecule has 0 saturated carbocycles. The fraction of sp³-hybridized carbons (Fsp3) is 0.800. The minimum absolute atomic E-state index is 0.480. The summed E-state index contributed by atoms with van der Waals surface area (Å²) < 4.78 is 0. The zero-order valence-corrected chi connectivity index (χ0v) is 8.83. The van der Waals surface area contributed by atoms with Gasteiger partial charge in [-0.3, -0.25) is 0 Å². The molecule has 1 atom stereocenters. The lowest BCUT2D eigenvalue weighted by molar-refractivity contribution is -0.337. The Hall–Kier alpha value is -1.06. The Kier molecular flexibility index (Phi) is 4.60. The third-order valence-corrected chi connectivity index (χ3v) is 2.80. The van der Waals surface area contributed by atoms with Crippen molar-refractivity contribution in [3.63, 3.8) is 0 Å². The molecule has 1 unspecified atom stereocenters. The summed E-state index contributed by atoms with van der Waals surface area (Å²) in [5.41, 5.74) is -0.771. The van der Waals surface area contributed by atoms with Crippen LogP contribution in [0.2, 0.25) is 0 Å². The van der Waals surface area contributed by atoms with Crippen molar-refractivity contribution in [1.29, 1.82) is 0 Å². The molecule has 0 aliphatic rings. The number of aliphatic carboxylic acids is 2. The van der Waals surface area contributed by atoms with Gasteiger partial charge in [-0.05, 0) is 18.3 Å².